The Morgan fingerprint density at radius 2 is 2.22 bits per heavy atom. The van der Waals surface area contributed by atoms with Gasteiger partial charge >= 0.3 is 0 Å². The highest BCUT2D eigenvalue weighted by molar-refractivity contribution is 5.91. The molecule has 2 fully saturated rings. The van der Waals surface area contributed by atoms with Crippen molar-refractivity contribution in [1.29, 1.82) is 0 Å². The minimum absolute atomic E-state index is 0. The summed E-state index contributed by atoms with van der Waals surface area (Å²) < 4.78 is 5.36. The molecule has 1 aliphatic carbocycles. The highest BCUT2D eigenvalue weighted by Gasteiger charge is 2.58. The standard InChI is InChI=1S/C16H18N4O2.ClH/c21-14(18-11-4-2-1-3-5-11)8-13-19-15(22-20-13)12-9-16(12)6-7-17-10-16;/h1-5,12,17H,6-10H2,(H,18,21);1H. The second-order valence-corrected chi connectivity index (χ2v) is 6.19. The fourth-order valence-electron chi connectivity index (χ4n) is 3.28. The number of carbonyl (C=O) groups excluding carboxylic acids is 1. The Hall–Kier alpha value is -1.92. The summed E-state index contributed by atoms with van der Waals surface area (Å²) in [5, 5.41) is 10.2. The Kier molecular flexibility index (Phi) is 4.37. The lowest BCUT2D eigenvalue weighted by Gasteiger charge is -2.03. The van der Waals surface area contributed by atoms with Crippen molar-refractivity contribution in [3.63, 3.8) is 0 Å². The van der Waals surface area contributed by atoms with Crippen LogP contribution in [0.4, 0.5) is 5.69 Å². The van der Waals surface area contributed by atoms with Gasteiger partial charge in [-0.05, 0) is 36.9 Å². The molecular formula is C16H19ClN4O2. The van der Waals surface area contributed by atoms with Crippen LogP contribution in [-0.2, 0) is 11.2 Å². The number of aromatic nitrogens is 2. The minimum Gasteiger partial charge on any atom is -0.339 e. The third-order valence-corrected chi connectivity index (χ3v) is 4.62. The molecule has 1 aromatic heterocycles. The van der Waals surface area contributed by atoms with Gasteiger partial charge in [0.2, 0.25) is 11.8 Å². The van der Waals surface area contributed by atoms with Gasteiger partial charge in [-0.1, -0.05) is 23.4 Å². The molecule has 0 bridgehead atoms. The largest absolute Gasteiger partial charge is 0.339 e. The van der Waals surface area contributed by atoms with Gasteiger partial charge in [0.15, 0.2) is 5.82 Å². The SMILES string of the molecule is Cl.O=C(Cc1noc(C2CC23CCNC3)n1)Nc1ccccc1. The van der Waals surface area contributed by atoms with E-state index in [1.165, 1.54) is 6.42 Å². The van der Waals surface area contributed by atoms with Gasteiger partial charge in [-0.2, -0.15) is 4.98 Å². The number of para-hydroxylation sites is 1. The average Bonchev–Trinajstić information content (AvgIpc) is 2.87. The Balaban J connectivity index is 0.00000156. The van der Waals surface area contributed by atoms with Crippen LogP contribution in [0.15, 0.2) is 34.9 Å². The van der Waals surface area contributed by atoms with Crippen LogP contribution in [0.3, 0.4) is 0 Å². The summed E-state index contributed by atoms with van der Waals surface area (Å²) in [7, 11) is 0. The van der Waals surface area contributed by atoms with Gasteiger partial charge in [-0.15, -0.1) is 12.4 Å². The number of anilines is 1. The highest BCUT2D eigenvalue weighted by atomic mass is 35.5. The summed E-state index contributed by atoms with van der Waals surface area (Å²) >= 11 is 0. The second-order valence-electron chi connectivity index (χ2n) is 6.19. The van der Waals surface area contributed by atoms with E-state index in [1.807, 2.05) is 30.3 Å². The first-order chi connectivity index (χ1) is 10.8. The van der Waals surface area contributed by atoms with Crippen molar-refractivity contribution < 1.29 is 9.32 Å². The fourth-order valence-corrected chi connectivity index (χ4v) is 3.28. The van der Waals surface area contributed by atoms with Crippen LogP contribution in [0.25, 0.3) is 0 Å². The first kappa shape index (κ1) is 16.0. The van der Waals surface area contributed by atoms with Crippen LogP contribution >= 0.6 is 12.4 Å². The maximum atomic E-state index is 12.0. The summed E-state index contributed by atoms with van der Waals surface area (Å²) in [5.41, 5.74) is 1.10. The summed E-state index contributed by atoms with van der Waals surface area (Å²) in [6.45, 7) is 2.10. The third kappa shape index (κ3) is 3.23. The van der Waals surface area contributed by atoms with Crippen LogP contribution in [0, 0.1) is 5.41 Å². The van der Waals surface area contributed by atoms with Crippen LogP contribution in [0.2, 0.25) is 0 Å². The van der Waals surface area contributed by atoms with E-state index in [-0.39, 0.29) is 24.7 Å². The van der Waals surface area contributed by atoms with E-state index in [2.05, 4.69) is 20.8 Å². The molecule has 4 rings (SSSR count). The van der Waals surface area contributed by atoms with Crippen molar-refractivity contribution in [3.05, 3.63) is 42.0 Å². The lowest BCUT2D eigenvalue weighted by molar-refractivity contribution is -0.115. The normalized spacial score (nSPS) is 25.1. The average molecular weight is 335 g/mol. The van der Waals surface area contributed by atoms with Gasteiger partial charge in [-0.3, -0.25) is 4.79 Å². The van der Waals surface area contributed by atoms with Gasteiger partial charge in [0.05, 0.1) is 6.42 Å². The molecule has 23 heavy (non-hydrogen) atoms. The first-order valence-electron chi connectivity index (χ1n) is 7.63. The first-order valence-corrected chi connectivity index (χ1v) is 7.63. The number of carbonyl (C=O) groups is 1. The smallest absolute Gasteiger partial charge is 0.232 e. The molecule has 6 nitrogen and oxygen atoms in total. The maximum Gasteiger partial charge on any atom is 0.232 e. The lowest BCUT2D eigenvalue weighted by atomic mass is 10.0. The molecule has 1 spiro atoms. The van der Waals surface area contributed by atoms with Gasteiger partial charge in [0.1, 0.15) is 0 Å². The van der Waals surface area contributed by atoms with E-state index in [0.717, 1.165) is 25.2 Å². The van der Waals surface area contributed by atoms with Crippen molar-refractivity contribution in [1.82, 2.24) is 15.5 Å². The topological polar surface area (TPSA) is 80.1 Å². The Bertz CT molecular complexity index is 682. The molecule has 2 aliphatic rings. The van der Waals surface area contributed by atoms with E-state index in [9.17, 15) is 4.79 Å². The number of benzene rings is 1. The Labute approximate surface area is 140 Å². The molecule has 1 saturated heterocycles. The monoisotopic (exact) mass is 334 g/mol. The maximum absolute atomic E-state index is 12.0. The summed E-state index contributed by atoms with van der Waals surface area (Å²) in [6.07, 6.45) is 2.41. The fraction of sp³-hybridized carbons (Fsp3) is 0.438. The predicted octanol–water partition coefficient (Wildman–Crippen LogP) is 2.14. The number of nitrogens with zero attached hydrogens (tertiary/aromatic N) is 2. The van der Waals surface area contributed by atoms with E-state index >= 15 is 0 Å². The molecule has 2 aromatic rings. The zero-order chi connectivity index (χ0) is 15.0. The van der Waals surface area contributed by atoms with E-state index in [1.54, 1.807) is 0 Å². The van der Waals surface area contributed by atoms with Crippen molar-refractivity contribution in [2.45, 2.75) is 25.2 Å². The number of hydrogen-bond acceptors (Lipinski definition) is 5. The van der Waals surface area contributed by atoms with E-state index in [4.69, 9.17) is 4.52 Å². The summed E-state index contributed by atoms with van der Waals surface area (Å²) in [6, 6.07) is 9.36. The van der Waals surface area contributed by atoms with Crippen molar-refractivity contribution in [2.75, 3.05) is 18.4 Å². The van der Waals surface area contributed by atoms with Gasteiger partial charge < -0.3 is 15.2 Å². The molecule has 122 valence electrons. The van der Waals surface area contributed by atoms with Crippen LogP contribution in [-0.4, -0.2) is 29.1 Å². The molecule has 2 unspecified atom stereocenters. The van der Waals surface area contributed by atoms with Gasteiger partial charge in [0.25, 0.3) is 0 Å². The number of rotatable bonds is 4. The molecule has 1 amide bonds. The van der Waals surface area contributed by atoms with Gasteiger partial charge in [-0.25, -0.2) is 0 Å². The molecule has 2 N–H and O–H groups in total. The third-order valence-electron chi connectivity index (χ3n) is 4.62. The van der Waals surface area contributed by atoms with Crippen LogP contribution in [0.5, 0.6) is 0 Å². The summed E-state index contributed by atoms with van der Waals surface area (Å²) in [4.78, 5) is 16.4. The zero-order valence-corrected chi connectivity index (χ0v) is 13.4. The molecular weight excluding hydrogens is 316 g/mol. The Morgan fingerprint density at radius 1 is 1.39 bits per heavy atom. The highest BCUT2D eigenvalue weighted by Crippen LogP contribution is 2.62. The quantitative estimate of drug-likeness (QED) is 0.895. The van der Waals surface area contributed by atoms with E-state index in [0.29, 0.717) is 23.0 Å². The molecule has 7 heteroatoms. The lowest BCUT2D eigenvalue weighted by Crippen LogP contribution is -2.15. The minimum atomic E-state index is -0.133. The molecule has 0 radical (unpaired) electrons. The Morgan fingerprint density at radius 3 is 2.96 bits per heavy atom. The molecule has 2 atom stereocenters. The molecule has 2 heterocycles. The zero-order valence-electron chi connectivity index (χ0n) is 12.6. The van der Waals surface area contributed by atoms with Crippen molar-refractivity contribution in [3.8, 4) is 0 Å². The molecule has 1 saturated carbocycles. The second kappa shape index (κ2) is 6.29. The summed E-state index contributed by atoms with van der Waals surface area (Å²) in [5.74, 6) is 1.37. The number of nitrogens with one attached hydrogen (secondary N) is 2. The van der Waals surface area contributed by atoms with Crippen LogP contribution in [0.1, 0.15) is 30.5 Å². The number of halogens is 1. The van der Waals surface area contributed by atoms with E-state index < -0.39 is 0 Å². The van der Waals surface area contributed by atoms with Gasteiger partial charge in [0, 0.05) is 18.2 Å². The van der Waals surface area contributed by atoms with Crippen molar-refractivity contribution >= 4 is 24.0 Å². The van der Waals surface area contributed by atoms with Crippen LogP contribution < -0.4 is 10.6 Å². The molecule has 1 aliphatic heterocycles. The number of amides is 1. The predicted molar refractivity (Wildman–Crippen MR) is 87.6 cm³/mol. The molecule has 1 aromatic carbocycles. The van der Waals surface area contributed by atoms with Crippen molar-refractivity contribution in [2.24, 2.45) is 5.41 Å². The number of hydrogen-bond donors (Lipinski definition) is 2.